The Labute approximate surface area is 364 Å². The lowest BCUT2D eigenvalue weighted by atomic mass is 9.98. The number of aliphatic hydroxyl groups excluding tert-OH is 7. The van der Waals surface area contributed by atoms with Crippen molar-refractivity contribution in [2.24, 2.45) is 0 Å². The van der Waals surface area contributed by atoms with Crippen LogP contribution in [0.15, 0.2) is 24.3 Å². The second-order valence-electron chi connectivity index (χ2n) is 16.6. The fourth-order valence-electron chi connectivity index (χ4n) is 7.25. The normalized spacial score (nSPS) is 27.5. The maximum absolute atomic E-state index is 12.9. The molecule has 0 spiro atoms. The Morgan fingerprint density at radius 2 is 1.00 bits per heavy atom. The molecule has 4 unspecified atom stereocenters. The number of unbranched alkanes of at least 4 members (excludes halogenated alkanes) is 17. The van der Waals surface area contributed by atoms with E-state index in [0.717, 1.165) is 32.1 Å². The molecule has 61 heavy (non-hydrogen) atoms. The quantitative estimate of drug-likeness (QED) is 0.0246. The predicted molar refractivity (Wildman–Crippen MR) is 229 cm³/mol. The van der Waals surface area contributed by atoms with E-state index in [0.29, 0.717) is 19.3 Å². The molecule has 7 N–H and O–H groups in total. The summed E-state index contributed by atoms with van der Waals surface area (Å²) < 4.78 is 33.3. The fraction of sp³-hybridized carbons (Fsp3) is 0.870. The Morgan fingerprint density at radius 3 is 1.57 bits per heavy atom. The Balaban J connectivity index is 1.85. The largest absolute Gasteiger partial charge is 0.462 e. The number of rotatable bonds is 35. The number of allylic oxidation sites excluding steroid dienone is 4. The summed E-state index contributed by atoms with van der Waals surface area (Å²) in [4.78, 5) is 25.5. The van der Waals surface area contributed by atoms with Crippen LogP contribution in [-0.2, 0) is 38.0 Å². The first-order valence-electron chi connectivity index (χ1n) is 23.4. The lowest BCUT2D eigenvalue weighted by Gasteiger charge is -2.42. The zero-order chi connectivity index (χ0) is 44.7. The van der Waals surface area contributed by atoms with Gasteiger partial charge in [0, 0.05) is 12.8 Å². The molecule has 0 bridgehead atoms. The van der Waals surface area contributed by atoms with Crippen molar-refractivity contribution in [1.82, 2.24) is 0 Å². The molecule has 2 rings (SSSR count). The third kappa shape index (κ3) is 23.5. The average Bonchev–Trinajstić information content (AvgIpc) is 3.25. The van der Waals surface area contributed by atoms with Crippen LogP contribution in [0.2, 0.25) is 0 Å². The zero-order valence-electron chi connectivity index (χ0n) is 37.1. The molecule has 15 nitrogen and oxygen atoms in total. The van der Waals surface area contributed by atoms with Crippen molar-refractivity contribution in [3.8, 4) is 0 Å². The smallest absolute Gasteiger partial charge is 0.306 e. The van der Waals surface area contributed by atoms with Gasteiger partial charge in [0.25, 0.3) is 0 Å². The lowest BCUT2D eigenvalue weighted by molar-refractivity contribution is -0.332. The number of hydrogen-bond donors (Lipinski definition) is 7. The van der Waals surface area contributed by atoms with Gasteiger partial charge in [-0.25, -0.2) is 0 Å². The molecular formula is C46H82O15. The van der Waals surface area contributed by atoms with Gasteiger partial charge in [-0.1, -0.05) is 134 Å². The summed E-state index contributed by atoms with van der Waals surface area (Å²) in [6.45, 7) is 2.49. The van der Waals surface area contributed by atoms with Crippen molar-refractivity contribution in [2.45, 2.75) is 229 Å². The highest BCUT2D eigenvalue weighted by Gasteiger charge is 2.47. The predicted octanol–water partition coefficient (Wildman–Crippen LogP) is 5.21. The van der Waals surface area contributed by atoms with Crippen LogP contribution in [0.3, 0.4) is 0 Å². The van der Waals surface area contributed by atoms with E-state index in [9.17, 15) is 45.3 Å². The van der Waals surface area contributed by atoms with Gasteiger partial charge in [0.05, 0.1) is 19.8 Å². The number of hydrogen-bond acceptors (Lipinski definition) is 15. The molecule has 0 aliphatic carbocycles. The topological polar surface area (TPSA) is 231 Å². The summed E-state index contributed by atoms with van der Waals surface area (Å²) in [6.07, 6.45) is 15.3. The lowest BCUT2D eigenvalue weighted by Crippen LogP contribution is -2.61. The minimum Gasteiger partial charge on any atom is -0.462 e. The molecule has 11 atom stereocenters. The van der Waals surface area contributed by atoms with Crippen LogP contribution >= 0.6 is 0 Å². The number of esters is 2. The maximum Gasteiger partial charge on any atom is 0.306 e. The first-order valence-corrected chi connectivity index (χ1v) is 23.4. The first-order chi connectivity index (χ1) is 29.5. The van der Waals surface area contributed by atoms with Crippen molar-refractivity contribution >= 4 is 11.9 Å². The molecular weight excluding hydrogens is 792 g/mol. The maximum atomic E-state index is 12.9. The van der Waals surface area contributed by atoms with E-state index >= 15 is 0 Å². The molecule has 15 heteroatoms. The van der Waals surface area contributed by atoms with Gasteiger partial charge in [0.1, 0.15) is 55.4 Å². The number of aliphatic hydroxyl groups is 7. The van der Waals surface area contributed by atoms with Gasteiger partial charge in [0.15, 0.2) is 18.7 Å². The van der Waals surface area contributed by atoms with E-state index in [1.807, 2.05) is 6.08 Å². The summed E-state index contributed by atoms with van der Waals surface area (Å²) in [5.41, 5.74) is 0. The van der Waals surface area contributed by atoms with E-state index < -0.39 is 99.3 Å². The molecule has 2 aliphatic heterocycles. The second kappa shape index (κ2) is 34.4. The van der Waals surface area contributed by atoms with Gasteiger partial charge in [-0.15, -0.1) is 0 Å². The standard InChI is InChI=1S/C46H82O15/c1-3-5-7-9-11-13-14-15-16-17-18-19-20-21-23-25-27-29-38(49)59-34(31-56-37(48)28-26-24-22-12-10-8-6-4-2)32-57-45-44(55)42(53)40(51)36(61-45)33-58-46-43(54)41(52)39(50)35(30-47)60-46/h18-19,21,23,34-36,39-47,50-55H,3-17,20,22,24-33H2,1-2H3/b19-18+,23-21+/t34-,35+,36+,39-,40-,41?,42?,43?,44?,45+,46+/m1/s1. The van der Waals surface area contributed by atoms with Gasteiger partial charge in [-0.3, -0.25) is 9.59 Å². The van der Waals surface area contributed by atoms with E-state index in [1.165, 1.54) is 83.5 Å². The highest BCUT2D eigenvalue weighted by Crippen LogP contribution is 2.26. The number of carbonyl (C=O) groups excluding carboxylic acids is 2. The minimum atomic E-state index is -1.77. The summed E-state index contributed by atoms with van der Waals surface area (Å²) >= 11 is 0. The summed E-state index contributed by atoms with van der Waals surface area (Å²) in [5, 5.41) is 71.8. The summed E-state index contributed by atoms with van der Waals surface area (Å²) in [6, 6.07) is 0. The van der Waals surface area contributed by atoms with Gasteiger partial charge < -0.3 is 64.2 Å². The summed E-state index contributed by atoms with van der Waals surface area (Å²) in [7, 11) is 0. The van der Waals surface area contributed by atoms with Gasteiger partial charge in [0.2, 0.25) is 0 Å². The highest BCUT2D eigenvalue weighted by molar-refractivity contribution is 5.70. The van der Waals surface area contributed by atoms with Crippen molar-refractivity contribution in [3.63, 3.8) is 0 Å². The van der Waals surface area contributed by atoms with Crippen LogP contribution in [0.4, 0.5) is 0 Å². The van der Waals surface area contributed by atoms with Crippen LogP contribution < -0.4 is 0 Å². The van der Waals surface area contributed by atoms with Crippen LogP contribution in [0.25, 0.3) is 0 Å². The molecule has 2 fully saturated rings. The molecule has 2 aliphatic rings. The molecule has 0 radical (unpaired) electrons. The zero-order valence-corrected chi connectivity index (χ0v) is 37.1. The Kier molecular flexibility index (Phi) is 31.1. The van der Waals surface area contributed by atoms with E-state index in [-0.39, 0.29) is 19.4 Å². The second-order valence-corrected chi connectivity index (χ2v) is 16.6. The highest BCUT2D eigenvalue weighted by atomic mass is 16.7. The fourth-order valence-corrected chi connectivity index (χ4v) is 7.25. The minimum absolute atomic E-state index is 0.103. The van der Waals surface area contributed by atoms with Crippen LogP contribution in [0.1, 0.15) is 162 Å². The van der Waals surface area contributed by atoms with Gasteiger partial charge in [-0.05, 0) is 38.5 Å². The van der Waals surface area contributed by atoms with Crippen LogP contribution in [0.5, 0.6) is 0 Å². The first kappa shape index (κ1) is 55.1. The third-order valence-electron chi connectivity index (χ3n) is 11.2. The van der Waals surface area contributed by atoms with Crippen LogP contribution in [0, 0.1) is 0 Å². The van der Waals surface area contributed by atoms with Crippen molar-refractivity contribution in [1.29, 1.82) is 0 Å². The summed E-state index contributed by atoms with van der Waals surface area (Å²) in [5.74, 6) is -0.981. The Bertz CT molecular complexity index is 1170. The van der Waals surface area contributed by atoms with Crippen LogP contribution in [-0.4, -0.2) is 142 Å². The average molecular weight is 875 g/mol. The Hall–Kier alpha value is -2.02. The van der Waals surface area contributed by atoms with E-state index in [4.69, 9.17) is 28.4 Å². The van der Waals surface area contributed by atoms with Crippen molar-refractivity contribution < 1.29 is 73.8 Å². The molecule has 2 heterocycles. The van der Waals surface area contributed by atoms with Gasteiger partial charge in [-0.2, -0.15) is 0 Å². The third-order valence-corrected chi connectivity index (χ3v) is 11.2. The number of ether oxygens (including phenoxy) is 6. The number of carbonyl (C=O) groups is 2. The van der Waals surface area contributed by atoms with E-state index in [2.05, 4.69) is 32.1 Å². The van der Waals surface area contributed by atoms with Crippen molar-refractivity contribution in [3.05, 3.63) is 24.3 Å². The van der Waals surface area contributed by atoms with E-state index in [1.54, 1.807) is 0 Å². The Morgan fingerprint density at radius 1 is 0.525 bits per heavy atom. The van der Waals surface area contributed by atoms with Crippen molar-refractivity contribution in [2.75, 3.05) is 26.4 Å². The van der Waals surface area contributed by atoms with Gasteiger partial charge >= 0.3 is 11.9 Å². The molecule has 0 aromatic carbocycles. The molecule has 356 valence electrons. The molecule has 0 saturated carbocycles. The molecule has 0 aromatic heterocycles. The molecule has 0 aromatic rings. The SMILES string of the molecule is CCCCCCCCCCC/C=C/C/C=C/CCCC(=O)O[C@H](COC(=O)CCCCCCCCCC)CO[C@H]1O[C@@H](CO[C@H]2O[C@@H](CO)[C@@H](O)C(O)C2O)[C@@H](O)C(O)C1O. The molecule has 0 amide bonds. The monoisotopic (exact) mass is 875 g/mol. The molecule has 2 saturated heterocycles.